The fourth-order valence-corrected chi connectivity index (χ4v) is 3.15. The van der Waals surface area contributed by atoms with E-state index in [0.29, 0.717) is 32.4 Å². The molecule has 0 aliphatic carbocycles. The van der Waals surface area contributed by atoms with Crippen LogP contribution in [0.1, 0.15) is 17.7 Å². The van der Waals surface area contributed by atoms with Crippen molar-refractivity contribution < 1.29 is 14.7 Å². The van der Waals surface area contributed by atoms with Gasteiger partial charge in [-0.05, 0) is 25.0 Å². The van der Waals surface area contributed by atoms with Crippen molar-refractivity contribution in [1.82, 2.24) is 4.90 Å². The van der Waals surface area contributed by atoms with Gasteiger partial charge in [-0.25, -0.2) is 0 Å². The van der Waals surface area contributed by atoms with E-state index < -0.39 is 11.9 Å². The van der Waals surface area contributed by atoms with Crippen molar-refractivity contribution in [3.05, 3.63) is 21.3 Å². The van der Waals surface area contributed by atoms with Crippen molar-refractivity contribution >= 4 is 47.2 Å². The fraction of sp³-hybridized carbons (Fsp3) is 0.500. The monoisotopic (exact) mass is 323 g/mol. The lowest BCUT2D eigenvalue weighted by Gasteiger charge is -2.15. The molecule has 1 amide bonds. The Balaban J connectivity index is 0.00000180. The third-order valence-corrected chi connectivity index (χ3v) is 4.40. The topological polar surface area (TPSA) is 57.6 Å². The number of thiophene rings is 1. The van der Waals surface area contributed by atoms with E-state index in [0.717, 1.165) is 9.21 Å². The summed E-state index contributed by atoms with van der Waals surface area (Å²) >= 11 is 7.29. The summed E-state index contributed by atoms with van der Waals surface area (Å²) in [7, 11) is 0. The summed E-state index contributed by atoms with van der Waals surface area (Å²) in [6.45, 7) is 0.903. The van der Waals surface area contributed by atoms with Crippen LogP contribution < -0.4 is 0 Å². The van der Waals surface area contributed by atoms with Gasteiger partial charge in [0.2, 0.25) is 5.91 Å². The Hall–Kier alpha value is -0.780. The number of hydrogen-bond donors (Lipinski definition) is 1. The largest absolute Gasteiger partial charge is 0.481 e. The van der Waals surface area contributed by atoms with Gasteiger partial charge in [0.15, 0.2) is 0 Å². The van der Waals surface area contributed by atoms with Gasteiger partial charge < -0.3 is 10.0 Å². The van der Waals surface area contributed by atoms with Gasteiger partial charge in [-0.3, -0.25) is 9.59 Å². The van der Waals surface area contributed by atoms with Gasteiger partial charge in [0.1, 0.15) is 0 Å². The number of aliphatic carboxylic acids is 1. The molecule has 1 unspecified atom stereocenters. The minimum absolute atomic E-state index is 0. The number of hydrogen-bond acceptors (Lipinski definition) is 3. The maximum atomic E-state index is 11.9. The Morgan fingerprint density at radius 3 is 2.74 bits per heavy atom. The first-order valence-corrected chi connectivity index (χ1v) is 7.00. The molecule has 2 rings (SSSR count). The molecule has 1 fully saturated rings. The molecule has 0 spiro atoms. The number of amides is 1. The number of carbonyl (C=O) groups excluding carboxylic acids is 1. The predicted octanol–water partition coefficient (Wildman–Crippen LogP) is 2.69. The second-order valence-corrected chi connectivity index (χ2v) is 6.17. The SMILES string of the molecule is Cl.O=C(O)C1CCN(C(=O)CCc2ccc(Cl)s2)C1. The quantitative estimate of drug-likeness (QED) is 0.926. The molecule has 1 N–H and O–H groups in total. The summed E-state index contributed by atoms with van der Waals surface area (Å²) in [5.41, 5.74) is 0. The van der Waals surface area contributed by atoms with E-state index in [9.17, 15) is 9.59 Å². The molecule has 106 valence electrons. The van der Waals surface area contributed by atoms with Crippen molar-refractivity contribution in [2.24, 2.45) is 5.92 Å². The maximum absolute atomic E-state index is 11.9. The van der Waals surface area contributed by atoms with E-state index in [2.05, 4.69) is 0 Å². The smallest absolute Gasteiger partial charge is 0.308 e. The zero-order valence-electron chi connectivity index (χ0n) is 10.2. The van der Waals surface area contributed by atoms with Crippen LogP contribution in [0.4, 0.5) is 0 Å². The van der Waals surface area contributed by atoms with E-state index in [-0.39, 0.29) is 18.3 Å². The molecular weight excluding hydrogens is 309 g/mol. The number of rotatable bonds is 4. The van der Waals surface area contributed by atoms with Crippen LogP contribution in [0.5, 0.6) is 0 Å². The first-order valence-electron chi connectivity index (χ1n) is 5.81. The molecule has 1 aromatic heterocycles. The van der Waals surface area contributed by atoms with Crippen LogP contribution in [0.15, 0.2) is 12.1 Å². The number of carboxylic acid groups (broad SMARTS) is 1. The van der Waals surface area contributed by atoms with Crippen LogP contribution in [0.2, 0.25) is 4.34 Å². The van der Waals surface area contributed by atoms with E-state index >= 15 is 0 Å². The predicted molar refractivity (Wildman–Crippen MR) is 77.2 cm³/mol. The van der Waals surface area contributed by atoms with Gasteiger partial charge in [0, 0.05) is 24.4 Å². The van der Waals surface area contributed by atoms with Crippen LogP contribution in [0, 0.1) is 5.92 Å². The molecule has 2 heterocycles. The molecule has 0 saturated carbocycles. The summed E-state index contributed by atoms with van der Waals surface area (Å²) in [5, 5.41) is 8.87. The zero-order chi connectivity index (χ0) is 13.1. The average molecular weight is 324 g/mol. The summed E-state index contributed by atoms with van der Waals surface area (Å²) in [6, 6.07) is 3.74. The van der Waals surface area contributed by atoms with E-state index in [1.54, 1.807) is 4.90 Å². The number of aryl methyl sites for hydroxylation is 1. The van der Waals surface area contributed by atoms with E-state index in [1.165, 1.54) is 11.3 Å². The third kappa shape index (κ3) is 4.37. The van der Waals surface area contributed by atoms with Crippen molar-refractivity contribution in [2.45, 2.75) is 19.3 Å². The van der Waals surface area contributed by atoms with Crippen LogP contribution in [0.25, 0.3) is 0 Å². The molecule has 1 aliphatic heterocycles. The molecule has 7 heteroatoms. The minimum Gasteiger partial charge on any atom is -0.481 e. The average Bonchev–Trinajstić information content (AvgIpc) is 2.94. The second-order valence-electron chi connectivity index (χ2n) is 4.37. The highest BCUT2D eigenvalue weighted by Crippen LogP contribution is 2.23. The Kier molecular flexibility index (Phi) is 6.10. The summed E-state index contributed by atoms with van der Waals surface area (Å²) in [6.07, 6.45) is 1.65. The zero-order valence-corrected chi connectivity index (χ0v) is 12.6. The van der Waals surface area contributed by atoms with Gasteiger partial charge in [-0.15, -0.1) is 23.7 Å². The lowest BCUT2D eigenvalue weighted by molar-refractivity contribution is -0.141. The lowest BCUT2D eigenvalue weighted by Crippen LogP contribution is -2.30. The van der Waals surface area contributed by atoms with E-state index in [4.69, 9.17) is 16.7 Å². The second kappa shape index (κ2) is 7.12. The Morgan fingerprint density at radius 2 is 2.21 bits per heavy atom. The Bertz CT molecular complexity index is 464. The van der Waals surface area contributed by atoms with Crippen molar-refractivity contribution in [2.75, 3.05) is 13.1 Å². The van der Waals surface area contributed by atoms with Gasteiger partial charge in [0.25, 0.3) is 0 Å². The van der Waals surface area contributed by atoms with Crippen molar-refractivity contribution in [1.29, 1.82) is 0 Å². The number of likely N-dealkylation sites (tertiary alicyclic amines) is 1. The Labute approximate surface area is 126 Å². The number of halogens is 2. The van der Waals surface area contributed by atoms with Crippen LogP contribution in [0.3, 0.4) is 0 Å². The standard InChI is InChI=1S/C12H14ClNO3S.ClH/c13-10-3-1-9(18-10)2-4-11(15)14-6-5-8(7-14)12(16)17;/h1,3,8H,2,4-7H2,(H,16,17);1H. The molecule has 19 heavy (non-hydrogen) atoms. The molecule has 1 aliphatic rings. The highest BCUT2D eigenvalue weighted by molar-refractivity contribution is 7.16. The number of nitrogens with zero attached hydrogens (tertiary/aromatic N) is 1. The summed E-state index contributed by atoms with van der Waals surface area (Å²) in [4.78, 5) is 25.4. The third-order valence-electron chi connectivity index (χ3n) is 3.10. The van der Waals surface area contributed by atoms with Gasteiger partial charge in [-0.2, -0.15) is 0 Å². The van der Waals surface area contributed by atoms with Crippen LogP contribution >= 0.6 is 35.3 Å². The van der Waals surface area contributed by atoms with Gasteiger partial charge in [0.05, 0.1) is 10.3 Å². The van der Waals surface area contributed by atoms with Gasteiger partial charge >= 0.3 is 5.97 Å². The fourth-order valence-electron chi connectivity index (χ4n) is 2.06. The maximum Gasteiger partial charge on any atom is 0.308 e. The molecule has 1 saturated heterocycles. The molecule has 0 radical (unpaired) electrons. The molecule has 0 aromatic carbocycles. The van der Waals surface area contributed by atoms with Crippen molar-refractivity contribution in [3.63, 3.8) is 0 Å². The molecule has 1 atom stereocenters. The molecular formula is C12H15Cl2NO3S. The highest BCUT2D eigenvalue weighted by Gasteiger charge is 2.30. The van der Waals surface area contributed by atoms with E-state index in [1.807, 2.05) is 12.1 Å². The first-order chi connectivity index (χ1) is 8.56. The van der Waals surface area contributed by atoms with Crippen LogP contribution in [-0.4, -0.2) is 35.0 Å². The normalized spacial score (nSPS) is 18.2. The summed E-state index contributed by atoms with van der Waals surface area (Å²) in [5.74, 6) is -1.18. The number of carbonyl (C=O) groups is 2. The lowest BCUT2D eigenvalue weighted by atomic mass is 10.1. The summed E-state index contributed by atoms with van der Waals surface area (Å²) < 4.78 is 0.726. The van der Waals surface area contributed by atoms with Gasteiger partial charge in [-0.1, -0.05) is 11.6 Å². The molecule has 1 aromatic rings. The Morgan fingerprint density at radius 1 is 1.47 bits per heavy atom. The first kappa shape index (κ1) is 16.3. The highest BCUT2D eigenvalue weighted by atomic mass is 35.5. The number of carboxylic acids is 1. The van der Waals surface area contributed by atoms with Crippen LogP contribution in [-0.2, 0) is 16.0 Å². The molecule has 4 nitrogen and oxygen atoms in total. The molecule has 0 bridgehead atoms. The van der Waals surface area contributed by atoms with Crippen molar-refractivity contribution in [3.8, 4) is 0 Å². The minimum atomic E-state index is -0.810.